The standard InChI is InChI=1S/C12H15NS2/c1-13-10(8-14-12-11(13)15-12)7-9-5-3-2-4-6-9/h2-6,10-12H,7-8H2,1H3/t10-,11?,12?/m1/s1. The third-order valence-corrected chi connectivity index (χ3v) is 6.35. The second kappa shape index (κ2) is 4.04. The van der Waals surface area contributed by atoms with E-state index in [0.717, 1.165) is 16.0 Å². The van der Waals surface area contributed by atoms with Crippen LogP contribution in [0.15, 0.2) is 30.3 Å². The van der Waals surface area contributed by atoms with Crippen molar-refractivity contribution in [3.63, 3.8) is 0 Å². The monoisotopic (exact) mass is 237 g/mol. The molecule has 0 bridgehead atoms. The molecule has 3 atom stereocenters. The van der Waals surface area contributed by atoms with Crippen molar-refractivity contribution in [2.75, 3.05) is 12.8 Å². The van der Waals surface area contributed by atoms with Crippen LogP contribution in [0.3, 0.4) is 0 Å². The van der Waals surface area contributed by atoms with E-state index in [1.807, 2.05) is 0 Å². The second-order valence-electron chi connectivity index (χ2n) is 4.24. The molecule has 0 aromatic heterocycles. The maximum Gasteiger partial charge on any atom is 0.0783 e. The Hall–Kier alpha value is -0.120. The minimum atomic E-state index is 0.730. The lowest BCUT2D eigenvalue weighted by Crippen LogP contribution is -2.41. The van der Waals surface area contributed by atoms with Gasteiger partial charge in [-0.1, -0.05) is 30.3 Å². The van der Waals surface area contributed by atoms with Crippen LogP contribution in [-0.4, -0.2) is 33.7 Å². The third kappa shape index (κ3) is 2.05. The van der Waals surface area contributed by atoms with Crippen molar-refractivity contribution in [2.24, 2.45) is 0 Å². The Kier molecular flexibility index (Phi) is 2.71. The molecule has 15 heavy (non-hydrogen) atoms. The SMILES string of the molecule is CN1C2SC2SC[C@H]1Cc1ccccc1. The van der Waals surface area contributed by atoms with Crippen molar-refractivity contribution in [1.29, 1.82) is 0 Å². The van der Waals surface area contributed by atoms with Crippen LogP contribution in [0.5, 0.6) is 0 Å². The van der Waals surface area contributed by atoms with Gasteiger partial charge in [0.25, 0.3) is 0 Å². The van der Waals surface area contributed by atoms with E-state index in [0.29, 0.717) is 0 Å². The zero-order chi connectivity index (χ0) is 10.3. The molecule has 2 saturated heterocycles. The normalized spacial score (nSPS) is 34.9. The summed E-state index contributed by atoms with van der Waals surface area (Å²) in [7, 11) is 2.28. The van der Waals surface area contributed by atoms with Gasteiger partial charge in [-0.05, 0) is 19.0 Å². The molecule has 0 aliphatic carbocycles. The summed E-state index contributed by atoms with van der Waals surface area (Å²) in [6.07, 6.45) is 1.20. The topological polar surface area (TPSA) is 3.24 Å². The Morgan fingerprint density at radius 1 is 1.33 bits per heavy atom. The van der Waals surface area contributed by atoms with Crippen molar-refractivity contribution in [2.45, 2.75) is 22.4 Å². The number of hydrogen-bond donors (Lipinski definition) is 0. The summed E-state index contributed by atoms with van der Waals surface area (Å²) >= 11 is 4.25. The van der Waals surface area contributed by atoms with E-state index in [1.165, 1.54) is 17.7 Å². The highest BCUT2D eigenvalue weighted by molar-refractivity contribution is 8.24. The van der Waals surface area contributed by atoms with Crippen molar-refractivity contribution in [3.8, 4) is 0 Å². The number of benzene rings is 1. The molecule has 0 spiro atoms. The highest BCUT2D eigenvalue weighted by Gasteiger charge is 2.47. The smallest absolute Gasteiger partial charge is 0.0783 e. The zero-order valence-electron chi connectivity index (χ0n) is 8.80. The molecule has 0 saturated carbocycles. The maximum absolute atomic E-state index is 2.57. The number of nitrogens with zero attached hydrogens (tertiary/aromatic N) is 1. The number of likely N-dealkylation sites (N-methyl/N-ethyl adjacent to an activating group) is 1. The molecule has 1 aromatic rings. The van der Waals surface area contributed by atoms with Gasteiger partial charge in [0.15, 0.2) is 0 Å². The van der Waals surface area contributed by atoms with Gasteiger partial charge < -0.3 is 0 Å². The summed E-state index contributed by atoms with van der Waals surface area (Å²) in [6, 6.07) is 11.6. The predicted molar refractivity (Wildman–Crippen MR) is 69.3 cm³/mol. The molecule has 80 valence electrons. The predicted octanol–water partition coefficient (Wildman–Crippen LogP) is 2.68. The summed E-state index contributed by atoms with van der Waals surface area (Å²) in [5.74, 6) is 1.29. The lowest BCUT2D eigenvalue weighted by Gasteiger charge is -2.30. The lowest BCUT2D eigenvalue weighted by molar-refractivity contribution is 0.260. The van der Waals surface area contributed by atoms with Crippen molar-refractivity contribution in [3.05, 3.63) is 35.9 Å². The molecule has 2 fully saturated rings. The first-order chi connectivity index (χ1) is 7.34. The van der Waals surface area contributed by atoms with Crippen LogP contribution in [0.4, 0.5) is 0 Å². The zero-order valence-corrected chi connectivity index (χ0v) is 10.4. The molecular weight excluding hydrogens is 222 g/mol. The highest BCUT2D eigenvalue weighted by atomic mass is 32.2. The van der Waals surface area contributed by atoms with E-state index < -0.39 is 0 Å². The molecule has 0 amide bonds. The third-order valence-electron chi connectivity index (χ3n) is 3.17. The van der Waals surface area contributed by atoms with Gasteiger partial charge >= 0.3 is 0 Å². The van der Waals surface area contributed by atoms with E-state index in [4.69, 9.17) is 0 Å². The second-order valence-corrected chi connectivity index (χ2v) is 6.97. The molecule has 3 heteroatoms. The van der Waals surface area contributed by atoms with Gasteiger partial charge in [0.05, 0.1) is 9.96 Å². The van der Waals surface area contributed by atoms with E-state index in [-0.39, 0.29) is 0 Å². The van der Waals surface area contributed by atoms with Gasteiger partial charge in [0.2, 0.25) is 0 Å². The molecule has 2 unspecified atom stereocenters. The molecule has 2 aliphatic heterocycles. The summed E-state index contributed by atoms with van der Waals surface area (Å²) in [6.45, 7) is 0. The molecule has 1 nitrogen and oxygen atoms in total. The molecule has 3 rings (SSSR count). The molecule has 1 aromatic carbocycles. The fraction of sp³-hybridized carbons (Fsp3) is 0.500. The summed E-state index contributed by atoms with van der Waals surface area (Å²) in [5.41, 5.74) is 1.47. The van der Waals surface area contributed by atoms with E-state index >= 15 is 0 Å². The lowest BCUT2D eigenvalue weighted by atomic mass is 10.1. The minimum absolute atomic E-state index is 0.730. The first-order valence-electron chi connectivity index (χ1n) is 5.37. The Balaban J connectivity index is 1.67. The van der Waals surface area contributed by atoms with Crippen LogP contribution in [0, 0.1) is 0 Å². The molecule has 0 N–H and O–H groups in total. The van der Waals surface area contributed by atoms with Gasteiger partial charge in [-0.3, -0.25) is 4.90 Å². The van der Waals surface area contributed by atoms with Crippen LogP contribution < -0.4 is 0 Å². The van der Waals surface area contributed by atoms with Gasteiger partial charge in [0.1, 0.15) is 0 Å². The summed E-state index contributed by atoms with van der Waals surface area (Å²) < 4.78 is 0.877. The van der Waals surface area contributed by atoms with Crippen LogP contribution in [0.2, 0.25) is 0 Å². The average Bonchev–Trinajstić information content (AvgIpc) is 3.04. The first-order valence-corrected chi connectivity index (χ1v) is 7.37. The molecule has 0 radical (unpaired) electrons. The number of rotatable bonds is 2. The van der Waals surface area contributed by atoms with Crippen molar-refractivity contribution >= 4 is 23.5 Å². The largest absolute Gasteiger partial charge is 0.289 e. The van der Waals surface area contributed by atoms with Crippen LogP contribution >= 0.6 is 23.5 Å². The Morgan fingerprint density at radius 2 is 2.13 bits per heavy atom. The highest BCUT2D eigenvalue weighted by Crippen LogP contribution is 2.54. The number of fused-ring (bicyclic) bond motifs is 1. The fourth-order valence-electron chi connectivity index (χ4n) is 2.12. The van der Waals surface area contributed by atoms with Crippen LogP contribution in [0.25, 0.3) is 0 Å². The van der Waals surface area contributed by atoms with Crippen molar-refractivity contribution < 1.29 is 0 Å². The molecule has 2 heterocycles. The average molecular weight is 237 g/mol. The number of hydrogen-bond acceptors (Lipinski definition) is 3. The first kappa shape index (κ1) is 10.1. The van der Waals surface area contributed by atoms with E-state index in [2.05, 4.69) is 65.8 Å². The Labute approximate surface area is 99.6 Å². The van der Waals surface area contributed by atoms with Gasteiger partial charge in [-0.15, -0.1) is 23.5 Å². The Morgan fingerprint density at radius 3 is 2.93 bits per heavy atom. The fourth-order valence-corrected chi connectivity index (χ4v) is 5.11. The maximum atomic E-state index is 2.57. The van der Waals surface area contributed by atoms with Crippen molar-refractivity contribution in [1.82, 2.24) is 4.90 Å². The molecular formula is C12H15NS2. The van der Waals surface area contributed by atoms with E-state index in [1.54, 1.807) is 0 Å². The van der Waals surface area contributed by atoms with Gasteiger partial charge in [-0.25, -0.2) is 0 Å². The summed E-state index contributed by atoms with van der Waals surface area (Å²) in [5, 5.41) is 0.803. The van der Waals surface area contributed by atoms with Gasteiger partial charge in [-0.2, -0.15) is 0 Å². The number of thioether (sulfide) groups is 2. The quantitative estimate of drug-likeness (QED) is 0.728. The summed E-state index contributed by atoms with van der Waals surface area (Å²) in [4.78, 5) is 2.57. The van der Waals surface area contributed by atoms with E-state index in [9.17, 15) is 0 Å². The van der Waals surface area contributed by atoms with Crippen LogP contribution in [-0.2, 0) is 6.42 Å². The minimum Gasteiger partial charge on any atom is -0.289 e. The molecule has 2 aliphatic rings. The van der Waals surface area contributed by atoms with Gasteiger partial charge in [0, 0.05) is 11.8 Å². The Bertz CT molecular complexity index is 341. The van der Waals surface area contributed by atoms with Crippen LogP contribution in [0.1, 0.15) is 5.56 Å².